The summed E-state index contributed by atoms with van der Waals surface area (Å²) in [7, 11) is -3.70. The van der Waals surface area contributed by atoms with Gasteiger partial charge in [0.15, 0.2) is 0 Å². The molecule has 1 fully saturated rings. The van der Waals surface area contributed by atoms with E-state index >= 15 is 0 Å². The second-order valence-electron chi connectivity index (χ2n) is 8.63. The van der Waals surface area contributed by atoms with E-state index in [1.807, 2.05) is 55.5 Å². The number of carbonyl (C=O) groups is 1. The van der Waals surface area contributed by atoms with E-state index in [1.54, 1.807) is 18.5 Å². The number of amides is 1. The second kappa shape index (κ2) is 9.49. The molecule has 2 heterocycles. The molecule has 0 saturated carbocycles. The third-order valence-electron chi connectivity index (χ3n) is 6.20. The van der Waals surface area contributed by atoms with Crippen molar-refractivity contribution in [2.45, 2.75) is 45.1 Å². The number of hydrogen-bond acceptors (Lipinski definition) is 4. The molecule has 8 heteroatoms. The molecule has 3 aromatic rings. The van der Waals surface area contributed by atoms with Crippen molar-refractivity contribution >= 4 is 15.9 Å². The monoisotopic (exact) mass is 466 g/mol. The van der Waals surface area contributed by atoms with Crippen LogP contribution in [-0.4, -0.2) is 41.5 Å². The van der Waals surface area contributed by atoms with Crippen molar-refractivity contribution < 1.29 is 13.2 Å². The van der Waals surface area contributed by atoms with Crippen LogP contribution in [0.5, 0.6) is 0 Å². The minimum Gasteiger partial charge on any atom is -0.352 e. The Morgan fingerprint density at radius 2 is 1.73 bits per heavy atom. The maximum atomic E-state index is 13.5. The summed E-state index contributed by atoms with van der Waals surface area (Å²) in [4.78, 5) is 12.9. The van der Waals surface area contributed by atoms with Gasteiger partial charge in [0.25, 0.3) is 0 Å². The fraction of sp³-hybridized carbons (Fsp3) is 0.360. The summed E-state index contributed by atoms with van der Waals surface area (Å²) in [5.74, 6) is -0.201. The standard InChI is InChI=1S/C25H30N4O3S/c1-18-8-7-9-21(16-18)17-26-25(30)22-12-14-28(15-13-22)33(31,32)24-19(2)27-29(20(24)3)23-10-5-4-6-11-23/h4-11,16,22H,12-15,17H2,1-3H3,(H,26,30). The van der Waals surface area contributed by atoms with Crippen molar-refractivity contribution in [3.05, 3.63) is 77.1 Å². The van der Waals surface area contributed by atoms with Gasteiger partial charge in [0, 0.05) is 25.6 Å². The number of aromatic nitrogens is 2. The maximum Gasteiger partial charge on any atom is 0.246 e. The summed E-state index contributed by atoms with van der Waals surface area (Å²) < 4.78 is 30.1. The lowest BCUT2D eigenvalue weighted by Crippen LogP contribution is -2.43. The molecule has 0 spiro atoms. The van der Waals surface area contributed by atoms with Gasteiger partial charge in [-0.3, -0.25) is 4.79 Å². The van der Waals surface area contributed by atoms with E-state index in [0.29, 0.717) is 43.9 Å². The Morgan fingerprint density at radius 3 is 2.39 bits per heavy atom. The molecule has 1 aliphatic rings. The zero-order valence-electron chi connectivity index (χ0n) is 19.3. The quantitative estimate of drug-likeness (QED) is 0.603. The van der Waals surface area contributed by atoms with E-state index in [1.165, 1.54) is 4.31 Å². The van der Waals surface area contributed by atoms with Crippen LogP contribution in [0, 0.1) is 26.7 Å². The van der Waals surface area contributed by atoms with Gasteiger partial charge in [0.1, 0.15) is 4.90 Å². The first-order chi connectivity index (χ1) is 15.8. The van der Waals surface area contributed by atoms with Crippen molar-refractivity contribution in [3.8, 4) is 5.69 Å². The number of benzene rings is 2. The molecule has 1 saturated heterocycles. The highest BCUT2D eigenvalue weighted by molar-refractivity contribution is 7.89. The summed E-state index contributed by atoms with van der Waals surface area (Å²) in [5.41, 5.74) is 4.11. The number of nitrogens with zero attached hydrogens (tertiary/aromatic N) is 3. The van der Waals surface area contributed by atoms with Crippen LogP contribution < -0.4 is 5.32 Å². The molecule has 0 radical (unpaired) electrons. The molecule has 33 heavy (non-hydrogen) atoms. The van der Waals surface area contributed by atoms with Crippen molar-refractivity contribution in [1.82, 2.24) is 19.4 Å². The average molecular weight is 467 g/mol. The second-order valence-corrected chi connectivity index (χ2v) is 10.5. The molecular formula is C25H30N4O3S. The Balaban J connectivity index is 1.42. The van der Waals surface area contributed by atoms with Gasteiger partial charge in [-0.2, -0.15) is 9.40 Å². The smallest absolute Gasteiger partial charge is 0.246 e. The molecule has 0 bridgehead atoms. The molecule has 0 aliphatic carbocycles. The number of nitrogens with one attached hydrogen (secondary N) is 1. The van der Waals surface area contributed by atoms with Crippen LogP contribution in [0.3, 0.4) is 0 Å². The average Bonchev–Trinajstić information content (AvgIpc) is 3.12. The third kappa shape index (κ3) is 4.86. The Labute approximate surface area is 195 Å². The number of carbonyl (C=O) groups excluding carboxylic acids is 1. The zero-order chi connectivity index (χ0) is 23.6. The van der Waals surface area contributed by atoms with Crippen LogP contribution in [0.1, 0.15) is 35.4 Å². The number of piperidine rings is 1. The summed E-state index contributed by atoms with van der Waals surface area (Å²) in [6.07, 6.45) is 1.01. The lowest BCUT2D eigenvalue weighted by atomic mass is 9.97. The molecule has 7 nitrogen and oxygen atoms in total. The Morgan fingerprint density at radius 1 is 1.03 bits per heavy atom. The van der Waals surface area contributed by atoms with Gasteiger partial charge in [-0.05, 0) is 51.3 Å². The molecule has 174 valence electrons. The SMILES string of the molecule is Cc1cccc(CNC(=O)C2CCN(S(=O)(=O)c3c(C)nn(-c4ccccc4)c3C)CC2)c1. The van der Waals surface area contributed by atoms with Crippen LogP contribution in [-0.2, 0) is 21.4 Å². The zero-order valence-corrected chi connectivity index (χ0v) is 20.1. The third-order valence-corrected chi connectivity index (χ3v) is 8.35. The van der Waals surface area contributed by atoms with E-state index in [4.69, 9.17) is 0 Å². The van der Waals surface area contributed by atoms with E-state index in [0.717, 1.165) is 16.8 Å². The van der Waals surface area contributed by atoms with Crippen LogP contribution in [0.4, 0.5) is 0 Å². The predicted molar refractivity (Wildman–Crippen MR) is 128 cm³/mol. The topological polar surface area (TPSA) is 84.3 Å². The first kappa shape index (κ1) is 23.2. The summed E-state index contributed by atoms with van der Waals surface area (Å²) in [5, 5.41) is 7.49. The fourth-order valence-electron chi connectivity index (χ4n) is 4.47. The molecule has 1 aliphatic heterocycles. The van der Waals surface area contributed by atoms with Crippen molar-refractivity contribution in [2.75, 3.05) is 13.1 Å². The minimum atomic E-state index is -3.70. The highest BCUT2D eigenvalue weighted by Gasteiger charge is 2.35. The molecule has 1 N–H and O–H groups in total. The molecule has 1 aromatic heterocycles. The fourth-order valence-corrected chi connectivity index (χ4v) is 6.29. The van der Waals surface area contributed by atoms with Gasteiger partial charge in [-0.25, -0.2) is 13.1 Å². The summed E-state index contributed by atoms with van der Waals surface area (Å²) in [6, 6.07) is 17.5. The summed E-state index contributed by atoms with van der Waals surface area (Å²) in [6.45, 7) is 6.65. The molecule has 0 unspecified atom stereocenters. The first-order valence-corrected chi connectivity index (χ1v) is 12.7. The Kier molecular flexibility index (Phi) is 6.67. The molecule has 1 amide bonds. The Hall–Kier alpha value is -2.97. The van der Waals surface area contributed by atoms with Crippen LogP contribution in [0.15, 0.2) is 59.5 Å². The highest BCUT2D eigenvalue weighted by Crippen LogP contribution is 2.29. The Bertz CT molecular complexity index is 1240. The maximum absolute atomic E-state index is 13.5. The van der Waals surface area contributed by atoms with Crippen molar-refractivity contribution in [1.29, 1.82) is 0 Å². The van der Waals surface area contributed by atoms with Gasteiger partial charge in [0.2, 0.25) is 15.9 Å². The summed E-state index contributed by atoms with van der Waals surface area (Å²) >= 11 is 0. The van der Waals surface area contributed by atoms with E-state index in [9.17, 15) is 13.2 Å². The predicted octanol–water partition coefficient (Wildman–Crippen LogP) is 3.51. The van der Waals surface area contributed by atoms with E-state index < -0.39 is 10.0 Å². The minimum absolute atomic E-state index is 0.0159. The molecule has 4 rings (SSSR count). The van der Waals surface area contributed by atoms with Gasteiger partial charge in [-0.1, -0.05) is 48.0 Å². The van der Waals surface area contributed by atoms with Crippen LogP contribution in [0.2, 0.25) is 0 Å². The number of para-hydroxylation sites is 1. The van der Waals surface area contributed by atoms with Crippen LogP contribution in [0.25, 0.3) is 5.69 Å². The highest BCUT2D eigenvalue weighted by atomic mass is 32.2. The van der Waals surface area contributed by atoms with Crippen molar-refractivity contribution in [2.24, 2.45) is 5.92 Å². The van der Waals surface area contributed by atoms with Gasteiger partial charge < -0.3 is 5.32 Å². The van der Waals surface area contributed by atoms with Gasteiger partial charge >= 0.3 is 0 Å². The molecular weight excluding hydrogens is 436 g/mol. The number of hydrogen-bond donors (Lipinski definition) is 1. The van der Waals surface area contributed by atoms with Gasteiger partial charge in [-0.15, -0.1) is 0 Å². The largest absolute Gasteiger partial charge is 0.352 e. The normalized spacial score (nSPS) is 15.5. The van der Waals surface area contributed by atoms with E-state index in [-0.39, 0.29) is 16.7 Å². The molecule has 2 aromatic carbocycles. The van der Waals surface area contributed by atoms with Crippen LogP contribution >= 0.6 is 0 Å². The molecule has 0 atom stereocenters. The number of aryl methyl sites for hydroxylation is 2. The van der Waals surface area contributed by atoms with E-state index in [2.05, 4.69) is 16.5 Å². The lowest BCUT2D eigenvalue weighted by Gasteiger charge is -2.30. The van der Waals surface area contributed by atoms with Crippen molar-refractivity contribution in [3.63, 3.8) is 0 Å². The number of sulfonamides is 1. The van der Waals surface area contributed by atoms with Gasteiger partial charge in [0.05, 0.1) is 17.1 Å². The number of rotatable bonds is 6. The lowest BCUT2D eigenvalue weighted by molar-refractivity contribution is -0.126. The first-order valence-electron chi connectivity index (χ1n) is 11.2.